The molecule has 0 saturated carbocycles. The number of nitrogens with zero attached hydrogens (tertiary/aromatic N) is 1. The first-order chi connectivity index (χ1) is 12.5. The van der Waals surface area contributed by atoms with Gasteiger partial charge in [0.25, 0.3) is 10.0 Å². The monoisotopic (exact) mass is 490 g/mol. The molecule has 0 atom stereocenters. The van der Waals surface area contributed by atoms with Crippen molar-refractivity contribution in [2.24, 2.45) is 0 Å². The smallest absolute Gasteiger partial charge is 0.264 e. The van der Waals surface area contributed by atoms with Crippen molar-refractivity contribution >= 4 is 64.0 Å². The van der Waals surface area contributed by atoms with Crippen LogP contribution in [0.15, 0.2) is 56.9 Å². The molecule has 11 heteroatoms. The van der Waals surface area contributed by atoms with E-state index in [0.29, 0.717) is 9.86 Å². The van der Waals surface area contributed by atoms with Crippen LogP contribution in [0.5, 0.6) is 5.75 Å². The van der Waals surface area contributed by atoms with E-state index in [2.05, 4.69) is 25.6 Å². The van der Waals surface area contributed by atoms with Gasteiger partial charge in [0.05, 0.1) is 11.2 Å². The maximum atomic E-state index is 12.9. The summed E-state index contributed by atoms with van der Waals surface area (Å²) in [7, 11) is -8.05. The molecule has 27 heavy (non-hydrogen) atoms. The second-order valence-corrected chi connectivity index (χ2v) is 10.6. The van der Waals surface area contributed by atoms with Gasteiger partial charge in [0.15, 0.2) is 15.6 Å². The quantitative estimate of drug-likeness (QED) is 0.540. The lowest BCUT2D eigenvalue weighted by molar-refractivity contribution is 0.461. The number of phenols is 1. The van der Waals surface area contributed by atoms with Crippen LogP contribution < -0.4 is 4.72 Å². The van der Waals surface area contributed by atoms with Crippen molar-refractivity contribution < 1.29 is 21.9 Å². The number of anilines is 1. The molecular weight excluding hydrogens is 480 g/mol. The van der Waals surface area contributed by atoms with Gasteiger partial charge in [-0.25, -0.2) is 16.8 Å². The Morgan fingerprint density at radius 3 is 2.48 bits per heavy atom. The Hall–Kier alpha value is -1.88. The minimum Gasteiger partial charge on any atom is -0.504 e. The average Bonchev–Trinajstić information content (AvgIpc) is 2.55. The fourth-order valence-corrected chi connectivity index (χ4v) is 5.44. The third kappa shape index (κ3) is 4.03. The van der Waals surface area contributed by atoms with Crippen LogP contribution in [0.4, 0.5) is 5.69 Å². The van der Waals surface area contributed by atoms with Crippen LogP contribution in [0.2, 0.25) is 5.02 Å². The molecule has 0 radical (unpaired) electrons. The Kier molecular flexibility index (Phi) is 5.10. The van der Waals surface area contributed by atoms with Gasteiger partial charge >= 0.3 is 0 Å². The molecule has 1 aromatic heterocycles. The summed E-state index contributed by atoms with van der Waals surface area (Å²) in [4.78, 5) is 3.48. The van der Waals surface area contributed by atoms with Gasteiger partial charge in [0.1, 0.15) is 9.79 Å². The van der Waals surface area contributed by atoms with E-state index < -0.39 is 30.5 Å². The number of hydrogen-bond acceptors (Lipinski definition) is 6. The first-order valence-corrected chi connectivity index (χ1v) is 11.8. The number of rotatable bonds is 4. The highest BCUT2D eigenvalue weighted by Gasteiger charge is 2.24. The van der Waals surface area contributed by atoms with Crippen molar-refractivity contribution in [3.63, 3.8) is 0 Å². The zero-order valence-electron chi connectivity index (χ0n) is 13.6. The predicted molar refractivity (Wildman–Crippen MR) is 106 cm³/mol. The number of aromatic nitrogens is 1. The molecule has 0 aliphatic heterocycles. The molecule has 142 valence electrons. The lowest BCUT2D eigenvalue weighted by atomic mass is 10.2. The molecule has 0 bridgehead atoms. The van der Waals surface area contributed by atoms with Crippen molar-refractivity contribution in [1.29, 1.82) is 0 Å². The first kappa shape index (κ1) is 19.9. The molecule has 0 saturated heterocycles. The summed E-state index contributed by atoms with van der Waals surface area (Å²) < 4.78 is 52.1. The maximum Gasteiger partial charge on any atom is 0.264 e. The lowest BCUT2D eigenvalue weighted by Crippen LogP contribution is -2.14. The fourth-order valence-electron chi connectivity index (χ4n) is 2.46. The summed E-state index contributed by atoms with van der Waals surface area (Å²) in [5, 5.41) is 10.8. The first-order valence-electron chi connectivity index (χ1n) is 7.29. The molecule has 2 aromatic carbocycles. The molecule has 0 aliphatic carbocycles. The van der Waals surface area contributed by atoms with E-state index in [1.807, 2.05) is 0 Å². The van der Waals surface area contributed by atoms with Crippen molar-refractivity contribution in [3.05, 3.63) is 52.1 Å². The standard InChI is InChI=1S/C16H12BrClN2O5S2/c1-26(22,23)14-8-11(18)7-12(16(14)21)20-27(24,25)13-6-10(17)5-9-3-2-4-19-15(9)13/h2-8,20-21H,1H3. The third-order valence-electron chi connectivity index (χ3n) is 3.61. The fraction of sp³-hybridized carbons (Fsp3) is 0.0625. The number of fused-ring (bicyclic) bond motifs is 1. The summed E-state index contributed by atoms with van der Waals surface area (Å²) in [6.07, 6.45) is 2.33. The highest BCUT2D eigenvalue weighted by atomic mass is 79.9. The van der Waals surface area contributed by atoms with Crippen LogP contribution in [0.25, 0.3) is 10.9 Å². The van der Waals surface area contributed by atoms with Crippen molar-refractivity contribution in [2.75, 3.05) is 11.0 Å². The Balaban J connectivity index is 2.19. The summed E-state index contributed by atoms with van der Waals surface area (Å²) >= 11 is 9.15. The number of hydrogen-bond donors (Lipinski definition) is 2. The van der Waals surface area contributed by atoms with Crippen molar-refractivity contribution in [3.8, 4) is 5.75 Å². The van der Waals surface area contributed by atoms with Gasteiger partial charge in [-0.1, -0.05) is 33.6 Å². The normalized spacial score (nSPS) is 12.3. The maximum absolute atomic E-state index is 12.9. The van der Waals surface area contributed by atoms with Gasteiger partial charge in [-0.3, -0.25) is 9.71 Å². The van der Waals surface area contributed by atoms with Gasteiger partial charge in [-0.15, -0.1) is 0 Å². The van der Waals surface area contributed by atoms with Crippen molar-refractivity contribution in [1.82, 2.24) is 4.98 Å². The Bertz CT molecular complexity index is 1280. The Labute approximate surface area is 169 Å². The Morgan fingerprint density at radius 2 is 1.81 bits per heavy atom. The molecule has 3 rings (SSSR count). The van der Waals surface area contributed by atoms with Gasteiger partial charge in [0.2, 0.25) is 0 Å². The number of sulfonamides is 1. The van der Waals surface area contributed by atoms with Crippen LogP contribution in [-0.2, 0) is 19.9 Å². The molecular formula is C16H12BrClN2O5S2. The van der Waals surface area contributed by atoms with Gasteiger partial charge in [-0.05, 0) is 30.3 Å². The van der Waals surface area contributed by atoms with Crippen LogP contribution in [-0.4, -0.2) is 33.2 Å². The highest BCUT2D eigenvalue weighted by Crippen LogP contribution is 2.36. The van der Waals surface area contributed by atoms with Gasteiger partial charge in [0, 0.05) is 27.3 Å². The molecule has 7 nitrogen and oxygen atoms in total. The number of aromatic hydroxyl groups is 1. The van der Waals surface area contributed by atoms with E-state index in [0.717, 1.165) is 18.4 Å². The molecule has 2 N–H and O–H groups in total. The van der Waals surface area contributed by atoms with Crippen LogP contribution in [0.3, 0.4) is 0 Å². The zero-order chi connectivity index (χ0) is 20.0. The molecule has 3 aromatic rings. The molecule has 0 amide bonds. The van der Waals surface area contributed by atoms with E-state index in [1.54, 1.807) is 18.2 Å². The van der Waals surface area contributed by atoms with E-state index in [4.69, 9.17) is 11.6 Å². The summed E-state index contributed by atoms with van der Waals surface area (Å²) in [6, 6.07) is 8.60. The Morgan fingerprint density at radius 1 is 1.11 bits per heavy atom. The van der Waals surface area contributed by atoms with Crippen LogP contribution in [0.1, 0.15) is 0 Å². The third-order valence-corrected chi connectivity index (χ3v) is 6.77. The van der Waals surface area contributed by atoms with E-state index in [9.17, 15) is 21.9 Å². The van der Waals surface area contributed by atoms with E-state index >= 15 is 0 Å². The lowest BCUT2D eigenvalue weighted by Gasteiger charge is -2.14. The molecule has 1 heterocycles. The second kappa shape index (κ2) is 6.93. The molecule has 0 unspecified atom stereocenters. The second-order valence-electron chi connectivity index (χ2n) is 5.66. The van der Waals surface area contributed by atoms with Crippen LogP contribution >= 0.6 is 27.5 Å². The average molecular weight is 492 g/mol. The van der Waals surface area contributed by atoms with Gasteiger partial charge in [-0.2, -0.15) is 0 Å². The van der Waals surface area contributed by atoms with E-state index in [-0.39, 0.29) is 21.1 Å². The number of nitrogens with one attached hydrogen (secondary N) is 1. The number of sulfone groups is 1. The summed E-state index contributed by atoms with van der Waals surface area (Å²) in [6.45, 7) is 0. The van der Waals surface area contributed by atoms with Gasteiger partial charge < -0.3 is 5.11 Å². The van der Waals surface area contributed by atoms with Crippen molar-refractivity contribution in [2.45, 2.75) is 9.79 Å². The summed E-state index contributed by atoms with van der Waals surface area (Å²) in [5.41, 5.74) is -0.134. The predicted octanol–water partition coefficient (Wildman–Crippen LogP) is 3.56. The molecule has 0 fully saturated rings. The minimum absolute atomic E-state index is 0.0526. The van der Waals surface area contributed by atoms with E-state index in [1.165, 1.54) is 12.3 Å². The molecule has 0 spiro atoms. The van der Waals surface area contributed by atoms with Crippen LogP contribution in [0, 0.1) is 0 Å². The zero-order valence-corrected chi connectivity index (χ0v) is 17.6. The largest absolute Gasteiger partial charge is 0.504 e. The summed E-state index contributed by atoms with van der Waals surface area (Å²) in [5.74, 6) is -0.738. The number of phenolic OH excluding ortho intramolecular Hbond substituents is 1. The number of halogens is 2. The minimum atomic E-state index is -4.22. The number of benzene rings is 2. The SMILES string of the molecule is CS(=O)(=O)c1cc(Cl)cc(NS(=O)(=O)c2cc(Br)cc3cccnc23)c1O. The highest BCUT2D eigenvalue weighted by molar-refractivity contribution is 9.10. The number of pyridine rings is 1. The molecule has 0 aliphatic rings. The topological polar surface area (TPSA) is 113 Å².